The molecule has 1 N–H and O–H groups in total. The lowest BCUT2D eigenvalue weighted by atomic mass is 9.78. The Morgan fingerprint density at radius 1 is 1.07 bits per heavy atom. The molecular weight excluding hydrogens is 381 g/mol. The number of hydrogen-bond acceptors (Lipinski definition) is 5. The maximum absolute atomic E-state index is 14.7. The lowest BCUT2D eigenvalue weighted by molar-refractivity contribution is 0.00578. The third-order valence-electron chi connectivity index (χ3n) is 5.48. The maximum atomic E-state index is 14.7. The predicted molar refractivity (Wildman–Crippen MR) is 108 cm³/mol. The number of aromatic nitrogens is 1. The van der Waals surface area contributed by atoms with E-state index in [1.165, 1.54) is 6.07 Å². The van der Waals surface area contributed by atoms with Crippen LogP contribution in [-0.4, -0.2) is 23.5 Å². The molecule has 4 rings (SSSR count). The van der Waals surface area contributed by atoms with E-state index < -0.39 is 18.3 Å². The van der Waals surface area contributed by atoms with Crippen molar-refractivity contribution in [3.8, 4) is 0 Å². The average Bonchev–Trinajstić information content (AvgIpc) is 3.11. The number of anilines is 1. The van der Waals surface area contributed by atoms with E-state index in [9.17, 15) is 4.39 Å². The Balaban J connectivity index is 1.50. The summed E-state index contributed by atoms with van der Waals surface area (Å²) in [5, 5.41) is 8.42. The molecule has 1 aliphatic rings. The minimum absolute atomic E-state index is 0.254. The van der Waals surface area contributed by atoms with Crippen LogP contribution >= 0.6 is 11.6 Å². The van der Waals surface area contributed by atoms with Gasteiger partial charge >= 0.3 is 7.12 Å². The first-order valence-corrected chi connectivity index (χ1v) is 9.47. The molecule has 0 spiro atoms. The Morgan fingerprint density at radius 3 is 2.46 bits per heavy atom. The van der Waals surface area contributed by atoms with Crippen molar-refractivity contribution in [1.82, 2.24) is 5.16 Å². The summed E-state index contributed by atoms with van der Waals surface area (Å²) in [6.07, 6.45) is 0. The third-order valence-corrected chi connectivity index (χ3v) is 5.72. The largest absolute Gasteiger partial charge is 0.494 e. The second kappa shape index (κ2) is 6.76. The molecule has 1 aromatic heterocycles. The molecule has 0 unspecified atom stereocenters. The van der Waals surface area contributed by atoms with Crippen LogP contribution in [0.1, 0.15) is 33.3 Å². The molecule has 0 saturated carbocycles. The van der Waals surface area contributed by atoms with Crippen molar-refractivity contribution < 1.29 is 18.2 Å². The lowest BCUT2D eigenvalue weighted by Crippen LogP contribution is -2.41. The third kappa shape index (κ3) is 3.38. The molecule has 0 radical (unpaired) electrons. The van der Waals surface area contributed by atoms with Crippen LogP contribution in [0.4, 0.5) is 10.2 Å². The monoisotopic (exact) mass is 402 g/mol. The van der Waals surface area contributed by atoms with Crippen LogP contribution in [0.15, 0.2) is 40.9 Å². The first kappa shape index (κ1) is 19.2. The van der Waals surface area contributed by atoms with E-state index in [0.717, 1.165) is 5.39 Å². The second-order valence-electron chi connectivity index (χ2n) is 7.96. The standard InChI is InChI=1S/C20H21BClFN2O3/c1-19(2)20(3,4)28-21(27-19)13-6-5-12(16(23)9-13)11-24-18-15-10-14(22)7-8-17(15)26-25-18/h5-10H,11H2,1-4H3,(H,24,25). The number of nitrogens with one attached hydrogen (secondary N) is 1. The molecule has 1 saturated heterocycles. The Morgan fingerprint density at radius 2 is 1.79 bits per heavy atom. The van der Waals surface area contributed by atoms with Crippen LogP contribution in [-0.2, 0) is 15.9 Å². The van der Waals surface area contributed by atoms with Crippen LogP contribution in [0, 0.1) is 5.82 Å². The highest BCUT2D eigenvalue weighted by atomic mass is 35.5. The number of halogens is 2. The van der Waals surface area contributed by atoms with E-state index >= 15 is 0 Å². The average molecular weight is 403 g/mol. The van der Waals surface area contributed by atoms with Crippen molar-refractivity contribution in [2.45, 2.75) is 45.4 Å². The summed E-state index contributed by atoms with van der Waals surface area (Å²) in [5.74, 6) is 0.178. The van der Waals surface area contributed by atoms with Crippen LogP contribution in [0.5, 0.6) is 0 Å². The maximum Gasteiger partial charge on any atom is 0.494 e. The van der Waals surface area contributed by atoms with Gasteiger partial charge in [0, 0.05) is 17.1 Å². The van der Waals surface area contributed by atoms with Gasteiger partial charge in [0.05, 0.1) is 16.6 Å². The van der Waals surface area contributed by atoms with Crippen LogP contribution < -0.4 is 10.8 Å². The van der Waals surface area contributed by atoms with E-state index in [4.69, 9.17) is 25.4 Å². The SMILES string of the molecule is CC1(C)OB(c2ccc(CNc3noc4ccc(Cl)cc34)c(F)c2)OC1(C)C. The van der Waals surface area contributed by atoms with Crippen molar-refractivity contribution in [3.05, 3.63) is 52.8 Å². The Hall–Kier alpha value is -2.09. The van der Waals surface area contributed by atoms with Gasteiger partial charge in [0.1, 0.15) is 5.82 Å². The van der Waals surface area contributed by atoms with Crippen molar-refractivity contribution in [2.24, 2.45) is 0 Å². The number of rotatable bonds is 4. The van der Waals surface area contributed by atoms with Crippen molar-refractivity contribution in [1.29, 1.82) is 0 Å². The zero-order chi connectivity index (χ0) is 20.1. The van der Waals surface area contributed by atoms with Crippen LogP contribution in [0.2, 0.25) is 5.02 Å². The minimum atomic E-state index is -0.594. The summed E-state index contributed by atoms with van der Waals surface area (Å²) in [6.45, 7) is 8.13. The van der Waals surface area contributed by atoms with E-state index in [0.29, 0.717) is 27.4 Å². The Kier molecular flexibility index (Phi) is 4.64. The molecule has 5 nitrogen and oxygen atoms in total. The van der Waals surface area contributed by atoms with Crippen molar-refractivity contribution in [3.63, 3.8) is 0 Å². The Bertz CT molecular complexity index is 1020. The highest BCUT2D eigenvalue weighted by Crippen LogP contribution is 2.36. The number of nitrogens with zero attached hydrogens (tertiary/aromatic N) is 1. The van der Waals surface area contributed by atoms with Gasteiger partial charge in [0.2, 0.25) is 0 Å². The van der Waals surface area contributed by atoms with Gasteiger partial charge in [-0.05, 0) is 57.4 Å². The fraction of sp³-hybridized carbons (Fsp3) is 0.350. The topological polar surface area (TPSA) is 56.5 Å². The summed E-state index contributed by atoms with van der Waals surface area (Å²) >= 11 is 6.03. The van der Waals surface area contributed by atoms with E-state index in [1.807, 2.05) is 33.8 Å². The van der Waals surface area contributed by atoms with Gasteiger partial charge in [-0.1, -0.05) is 28.9 Å². The van der Waals surface area contributed by atoms with Gasteiger partial charge in [-0.2, -0.15) is 0 Å². The fourth-order valence-corrected chi connectivity index (χ4v) is 3.22. The highest BCUT2D eigenvalue weighted by molar-refractivity contribution is 6.62. The summed E-state index contributed by atoms with van der Waals surface area (Å²) in [6, 6.07) is 10.2. The first-order valence-electron chi connectivity index (χ1n) is 9.09. The molecule has 0 bridgehead atoms. The zero-order valence-electron chi connectivity index (χ0n) is 16.2. The fourth-order valence-electron chi connectivity index (χ4n) is 3.05. The Labute approximate surface area is 168 Å². The van der Waals surface area contributed by atoms with E-state index in [2.05, 4.69) is 10.5 Å². The second-order valence-corrected chi connectivity index (χ2v) is 8.40. The highest BCUT2D eigenvalue weighted by Gasteiger charge is 2.51. The first-order chi connectivity index (χ1) is 13.2. The van der Waals surface area contributed by atoms with Crippen LogP contribution in [0.3, 0.4) is 0 Å². The lowest BCUT2D eigenvalue weighted by Gasteiger charge is -2.32. The summed E-state index contributed by atoms with van der Waals surface area (Å²) in [5.41, 5.74) is 0.827. The minimum Gasteiger partial charge on any atom is -0.399 e. The molecule has 146 valence electrons. The number of benzene rings is 2. The normalized spacial score (nSPS) is 18.0. The number of hydrogen-bond donors (Lipinski definition) is 1. The van der Waals surface area contributed by atoms with Gasteiger partial charge in [0.25, 0.3) is 0 Å². The molecule has 28 heavy (non-hydrogen) atoms. The molecule has 3 aromatic rings. The van der Waals surface area contributed by atoms with Gasteiger partial charge in [-0.15, -0.1) is 0 Å². The van der Waals surface area contributed by atoms with Gasteiger partial charge in [0.15, 0.2) is 11.4 Å². The van der Waals surface area contributed by atoms with Crippen molar-refractivity contribution in [2.75, 3.05) is 5.32 Å². The molecule has 2 heterocycles. The molecule has 2 aromatic carbocycles. The van der Waals surface area contributed by atoms with E-state index in [1.54, 1.807) is 24.3 Å². The van der Waals surface area contributed by atoms with Gasteiger partial charge in [-0.3, -0.25) is 0 Å². The predicted octanol–water partition coefficient (Wildman–Crippen LogP) is 4.53. The van der Waals surface area contributed by atoms with Gasteiger partial charge in [-0.25, -0.2) is 4.39 Å². The number of fused-ring (bicyclic) bond motifs is 1. The molecule has 0 amide bonds. The molecule has 0 aliphatic carbocycles. The molecule has 1 aliphatic heterocycles. The quantitative estimate of drug-likeness (QED) is 0.650. The molecule has 8 heteroatoms. The summed E-state index contributed by atoms with van der Waals surface area (Å²) in [4.78, 5) is 0. The summed E-state index contributed by atoms with van der Waals surface area (Å²) in [7, 11) is -0.594. The van der Waals surface area contributed by atoms with Gasteiger partial charge < -0.3 is 19.1 Å². The van der Waals surface area contributed by atoms with Crippen LogP contribution in [0.25, 0.3) is 11.0 Å². The summed E-state index contributed by atoms with van der Waals surface area (Å²) < 4.78 is 31.9. The van der Waals surface area contributed by atoms with E-state index in [-0.39, 0.29) is 12.4 Å². The molecule has 1 fully saturated rings. The molecule has 0 atom stereocenters. The zero-order valence-corrected chi connectivity index (χ0v) is 16.9. The smallest absolute Gasteiger partial charge is 0.399 e. The molecular formula is C20H21BClFN2O3. The van der Waals surface area contributed by atoms with Crippen molar-refractivity contribution >= 4 is 41.0 Å².